The summed E-state index contributed by atoms with van der Waals surface area (Å²) in [6.07, 6.45) is 1.12. The minimum atomic E-state index is -4.18. The highest BCUT2D eigenvalue weighted by Crippen LogP contribution is 2.39. The van der Waals surface area contributed by atoms with Crippen molar-refractivity contribution in [1.82, 2.24) is 14.1 Å². The second-order valence-electron chi connectivity index (χ2n) is 12.1. The van der Waals surface area contributed by atoms with Crippen molar-refractivity contribution < 1.29 is 18.0 Å². The number of benzene rings is 4. The summed E-state index contributed by atoms with van der Waals surface area (Å²) in [6, 6.07) is 31.5. The van der Waals surface area contributed by atoms with E-state index in [0.29, 0.717) is 23.4 Å². The van der Waals surface area contributed by atoms with Crippen molar-refractivity contribution in [2.45, 2.75) is 38.3 Å². The Morgan fingerprint density at radius 3 is 2.08 bits per heavy atom. The van der Waals surface area contributed by atoms with Crippen LogP contribution in [0.3, 0.4) is 0 Å². The molecule has 0 fully saturated rings. The molecule has 0 aliphatic rings. The maximum atomic E-state index is 15.2. The molecule has 2 N–H and O–H groups in total. The van der Waals surface area contributed by atoms with Crippen LogP contribution in [0.15, 0.2) is 114 Å². The number of para-hydroxylation sites is 1. The Hall–Kier alpha value is -6.47. The molecule has 1 unspecified atom stereocenters. The lowest BCUT2D eigenvalue weighted by Crippen LogP contribution is -2.33. The number of carbonyl (C=O) groups is 2. The number of anilines is 2. The number of nitrogens with one attached hydrogen (secondary N) is 2. The highest BCUT2D eigenvalue weighted by molar-refractivity contribution is 7.92. The van der Waals surface area contributed by atoms with E-state index in [4.69, 9.17) is 11.6 Å². The van der Waals surface area contributed by atoms with Gasteiger partial charge in [-0.25, -0.2) is 13.4 Å². The zero-order valence-electron chi connectivity index (χ0n) is 28.8. The van der Waals surface area contributed by atoms with Gasteiger partial charge in [-0.2, -0.15) is 10.5 Å². The molecule has 0 aliphatic heterocycles. The summed E-state index contributed by atoms with van der Waals surface area (Å²) < 4.78 is 32.5. The number of hydrogen-bond acceptors (Lipinski definition) is 7. The van der Waals surface area contributed by atoms with Crippen molar-refractivity contribution in [3.05, 3.63) is 143 Å². The third kappa shape index (κ3) is 6.94. The van der Waals surface area contributed by atoms with Gasteiger partial charge in [0.2, 0.25) is 0 Å². The molecule has 6 aromatic rings. The van der Waals surface area contributed by atoms with E-state index < -0.39 is 27.8 Å². The van der Waals surface area contributed by atoms with Gasteiger partial charge in [-0.15, -0.1) is 0 Å². The van der Waals surface area contributed by atoms with Gasteiger partial charge in [-0.05, 0) is 67.3 Å². The van der Waals surface area contributed by atoms with E-state index in [2.05, 4.69) is 15.0 Å². The monoisotopic (exact) mass is 741 g/mol. The molecule has 0 bridgehead atoms. The van der Waals surface area contributed by atoms with Gasteiger partial charge in [0.15, 0.2) is 23.2 Å². The quantitative estimate of drug-likeness (QED) is 0.101. The van der Waals surface area contributed by atoms with E-state index >= 15 is 4.79 Å². The van der Waals surface area contributed by atoms with Crippen LogP contribution >= 0.6 is 11.6 Å². The van der Waals surface area contributed by atoms with Crippen LogP contribution in [-0.2, 0) is 21.4 Å². The van der Waals surface area contributed by atoms with Crippen LogP contribution in [0, 0.1) is 36.5 Å². The first-order chi connectivity index (χ1) is 25.5. The Morgan fingerprint density at radius 1 is 0.849 bits per heavy atom. The minimum Gasteiger partial charge on any atom is -0.340 e. The molecular weight excluding hydrogens is 710 g/mol. The molecule has 264 valence electrons. The number of Topliss-reactive ketones (excluding diaryl/α,β-unsaturated/α-hetero) is 1. The second kappa shape index (κ2) is 15.0. The molecule has 0 radical (unpaired) electrons. The number of ketones is 1. The topological polar surface area (TPSA) is 163 Å². The van der Waals surface area contributed by atoms with E-state index in [9.17, 15) is 23.7 Å². The number of rotatable bonds is 11. The lowest BCUT2D eigenvalue weighted by molar-refractivity contribution is -0.118. The second-order valence-corrected chi connectivity index (χ2v) is 14.2. The van der Waals surface area contributed by atoms with Crippen molar-refractivity contribution in [1.29, 1.82) is 10.5 Å². The number of aryl methyl sites for hydroxylation is 1. The fourth-order valence-corrected chi connectivity index (χ4v) is 7.68. The summed E-state index contributed by atoms with van der Waals surface area (Å²) in [6.45, 7) is 5.92. The molecular formula is C40H32ClN7O4S. The first-order valence-electron chi connectivity index (χ1n) is 16.4. The van der Waals surface area contributed by atoms with E-state index in [1.807, 2.05) is 91.2 Å². The van der Waals surface area contributed by atoms with E-state index in [-0.39, 0.29) is 38.2 Å². The number of aromatic nitrogens is 3. The molecule has 2 heterocycles. The van der Waals surface area contributed by atoms with Crippen LogP contribution in [-0.4, -0.2) is 34.2 Å². The molecule has 53 heavy (non-hydrogen) atoms. The lowest BCUT2D eigenvalue weighted by atomic mass is 9.94. The first-order valence-corrected chi connectivity index (χ1v) is 18.3. The highest BCUT2D eigenvalue weighted by atomic mass is 35.5. The van der Waals surface area contributed by atoms with Crippen LogP contribution in [0.4, 0.5) is 11.4 Å². The predicted molar refractivity (Wildman–Crippen MR) is 203 cm³/mol. The average Bonchev–Trinajstić information content (AvgIpc) is 3.71. The maximum absolute atomic E-state index is 15.2. The number of halogens is 1. The van der Waals surface area contributed by atoms with Crippen LogP contribution < -0.4 is 10.0 Å². The van der Waals surface area contributed by atoms with Crippen molar-refractivity contribution in [2.75, 3.05) is 10.0 Å². The molecule has 0 spiro atoms. The van der Waals surface area contributed by atoms with Gasteiger partial charge in [0, 0.05) is 17.8 Å². The Kier molecular flexibility index (Phi) is 10.3. The summed E-state index contributed by atoms with van der Waals surface area (Å²) in [5, 5.41) is 22.8. The van der Waals surface area contributed by atoms with Gasteiger partial charge >= 0.3 is 0 Å². The van der Waals surface area contributed by atoms with Crippen molar-refractivity contribution in [2.24, 2.45) is 0 Å². The molecule has 4 aromatic carbocycles. The number of amides is 1. The molecule has 0 saturated heterocycles. The molecule has 0 saturated carbocycles. The van der Waals surface area contributed by atoms with Crippen molar-refractivity contribution >= 4 is 44.7 Å². The van der Waals surface area contributed by atoms with Gasteiger partial charge in [0.25, 0.3) is 15.9 Å². The summed E-state index contributed by atoms with van der Waals surface area (Å²) in [5.41, 5.74) is 4.00. The normalized spacial score (nSPS) is 11.7. The molecule has 1 amide bonds. The van der Waals surface area contributed by atoms with Crippen molar-refractivity contribution in [3.8, 4) is 34.7 Å². The first kappa shape index (κ1) is 36.3. The maximum Gasteiger partial charge on any atom is 0.262 e. The summed E-state index contributed by atoms with van der Waals surface area (Å²) in [5.74, 6) is -1.54. The van der Waals surface area contributed by atoms with E-state index in [1.165, 1.54) is 24.3 Å². The fourth-order valence-electron chi connectivity index (χ4n) is 6.34. The molecule has 11 nitrogen and oxygen atoms in total. The molecule has 0 aliphatic carbocycles. The van der Waals surface area contributed by atoms with Gasteiger partial charge in [-0.1, -0.05) is 90.5 Å². The Balaban J connectivity index is 1.51. The summed E-state index contributed by atoms with van der Waals surface area (Å²) in [4.78, 5) is 33.6. The SMILES string of the molecule is CCn1c(-c2ccccc2)c(C)c(C(=O)C(C(=O)Nc2cc(S(=O)(=O)Nc3ccccc3Cl)ccc2C)n2cnc(C#N)c2C#N)c1-c1ccccc1. The Morgan fingerprint density at radius 2 is 1.47 bits per heavy atom. The van der Waals surface area contributed by atoms with Gasteiger partial charge in [0.1, 0.15) is 12.1 Å². The number of hydrogen-bond donors (Lipinski definition) is 2. The number of carbonyl (C=O) groups excluding carboxylic acids is 2. The standard InChI is InChI=1S/C40H32ClN7O4S/c1-4-47-36(27-13-7-5-8-14-27)26(3)35(37(47)28-15-9-6-10-16-28)39(49)38(48-24-44-33(22-42)34(48)23-43)40(50)45-32-21-29(20-19-25(32)2)53(51,52)46-31-18-12-11-17-30(31)41/h5-21,24,38,46H,4H2,1-3H3,(H,45,50). The molecule has 1 atom stereocenters. The van der Waals surface area contributed by atoms with Crippen LogP contribution in [0.2, 0.25) is 5.02 Å². The summed E-state index contributed by atoms with van der Waals surface area (Å²) in [7, 11) is -4.18. The molecule has 2 aromatic heterocycles. The Labute approximate surface area is 311 Å². The fraction of sp³-hybridized carbons (Fsp3) is 0.125. The number of nitrogens with zero attached hydrogens (tertiary/aromatic N) is 5. The predicted octanol–water partition coefficient (Wildman–Crippen LogP) is 7.92. The van der Waals surface area contributed by atoms with Crippen LogP contribution in [0.1, 0.15) is 45.8 Å². The average molecular weight is 742 g/mol. The number of nitriles is 2. The third-order valence-electron chi connectivity index (χ3n) is 8.84. The molecule has 13 heteroatoms. The van der Waals surface area contributed by atoms with Gasteiger partial charge < -0.3 is 14.5 Å². The zero-order valence-corrected chi connectivity index (χ0v) is 30.4. The summed E-state index contributed by atoms with van der Waals surface area (Å²) >= 11 is 6.20. The highest BCUT2D eigenvalue weighted by Gasteiger charge is 2.37. The third-order valence-corrected chi connectivity index (χ3v) is 10.5. The smallest absolute Gasteiger partial charge is 0.262 e. The Bertz CT molecular complexity index is 2570. The largest absolute Gasteiger partial charge is 0.340 e. The molecule has 6 rings (SSSR count). The van der Waals surface area contributed by atoms with Gasteiger partial charge in [-0.3, -0.25) is 14.3 Å². The minimum absolute atomic E-state index is 0.102. The van der Waals surface area contributed by atoms with Crippen molar-refractivity contribution in [3.63, 3.8) is 0 Å². The lowest BCUT2D eigenvalue weighted by Gasteiger charge is -2.20. The van der Waals surface area contributed by atoms with Crippen LogP contribution in [0.5, 0.6) is 0 Å². The van der Waals surface area contributed by atoms with E-state index in [1.54, 1.807) is 25.1 Å². The zero-order chi connectivity index (χ0) is 37.9. The van der Waals surface area contributed by atoms with E-state index in [0.717, 1.165) is 27.7 Å². The van der Waals surface area contributed by atoms with Crippen LogP contribution in [0.25, 0.3) is 22.5 Å². The number of imidazole rings is 1. The number of sulfonamides is 1. The van der Waals surface area contributed by atoms with Gasteiger partial charge in [0.05, 0.1) is 33.3 Å².